The van der Waals surface area contributed by atoms with Crippen molar-refractivity contribution in [1.82, 2.24) is 0 Å². The van der Waals surface area contributed by atoms with E-state index in [1.807, 2.05) is 37.3 Å². The van der Waals surface area contributed by atoms with E-state index in [4.69, 9.17) is 0 Å². The van der Waals surface area contributed by atoms with Crippen LogP contribution in [0.15, 0.2) is 42.5 Å². The van der Waals surface area contributed by atoms with E-state index in [0.717, 1.165) is 16.7 Å². The van der Waals surface area contributed by atoms with Crippen LogP contribution in [0, 0.1) is 23.1 Å². The van der Waals surface area contributed by atoms with Gasteiger partial charge in [-0.25, -0.2) is 0 Å². The minimum absolute atomic E-state index is 0.0113. The van der Waals surface area contributed by atoms with Gasteiger partial charge >= 0.3 is 0 Å². The van der Waals surface area contributed by atoms with Crippen LogP contribution in [0.1, 0.15) is 5.56 Å². The number of non-ortho nitro benzene ring substituents is 1. The highest BCUT2D eigenvalue weighted by atomic mass is 16.6. The van der Waals surface area contributed by atoms with Crippen LogP contribution in [-0.2, 0) is 0 Å². The van der Waals surface area contributed by atoms with Crippen molar-refractivity contribution in [2.75, 3.05) is 0 Å². The summed E-state index contributed by atoms with van der Waals surface area (Å²) < 4.78 is 0. The molecular weight excluding hydrogens is 202 g/mol. The van der Waals surface area contributed by atoms with Crippen molar-refractivity contribution in [3.63, 3.8) is 0 Å². The molecule has 0 saturated heterocycles. The molecule has 0 heterocycles. The first-order chi connectivity index (χ1) is 7.68. The molecule has 2 rings (SSSR count). The molecule has 0 N–H and O–H groups in total. The summed E-state index contributed by atoms with van der Waals surface area (Å²) in [6.45, 7) is 1.83. The molecule has 3 heteroatoms. The summed E-state index contributed by atoms with van der Waals surface area (Å²) in [7, 11) is 0. The number of nitro groups is 1. The van der Waals surface area contributed by atoms with E-state index in [0.29, 0.717) is 0 Å². The van der Waals surface area contributed by atoms with E-state index in [1.165, 1.54) is 6.07 Å². The molecule has 3 nitrogen and oxygen atoms in total. The summed E-state index contributed by atoms with van der Waals surface area (Å²) in [6, 6.07) is 15.8. The Balaban J connectivity index is 2.48. The first-order valence-electron chi connectivity index (χ1n) is 4.91. The second-order valence-electron chi connectivity index (χ2n) is 3.51. The van der Waals surface area contributed by atoms with Crippen molar-refractivity contribution in [1.29, 1.82) is 0 Å². The van der Waals surface area contributed by atoms with Crippen LogP contribution in [0.5, 0.6) is 0 Å². The molecule has 0 aliphatic carbocycles. The van der Waals surface area contributed by atoms with Gasteiger partial charge in [-0.3, -0.25) is 10.1 Å². The molecule has 0 aromatic heterocycles. The van der Waals surface area contributed by atoms with E-state index in [1.54, 1.807) is 6.07 Å². The highest BCUT2D eigenvalue weighted by Crippen LogP contribution is 2.25. The van der Waals surface area contributed by atoms with Crippen LogP contribution in [0.4, 0.5) is 5.69 Å². The van der Waals surface area contributed by atoms with Crippen molar-refractivity contribution < 1.29 is 4.92 Å². The van der Waals surface area contributed by atoms with Gasteiger partial charge in [0.05, 0.1) is 11.0 Å². The highest BCUT2D eigenvalue weighted by Gasteiger charge is 2.09. The summed E-state index contributed by atoms with van der Waals surface area (Å²) in [5.74, 6) is 0. The zero-order valence-electron chi connectivity index (χ0n) is 8.81. The summed E-state index contributed by atoms with van der Waals surface area (Å²) in [5.41, 5.74) is 2.83. The molecule has 0 spiro atoms. The highest BCUT2D eigenvalue weighted by molar-refractivity contribution is 5.68. The maximum Gasteiger partial charge on any atom is 0.277 e. The standard InChI is InChI=1S/C13H10NO2/c1-10-9-12(14(15)16)7-8-13(10)11-5-3-2-4-6-11/h2-8H,1H3. The molecule has 1 radical (unpaired) electrons. The molecule has 0 aliphatic rings. The van der Waals surface area contributed by atoms with Crippen molar-refractivity contribution in [3.05, 3.63) is 64.2 Å². The Kier molecular flexibility index (Phi) is 2.68. The van der Waals surface area contributed by atoms with Gasteiger partial charge in [-0.05, 0) is 29.7 Å². The van der Waals surface area contributed by atoms with Crippen LogP contribution >= 0.6 is 0 Å². The molecule has 0 unspecified atom stereocenters. The van der Waals surface area contributed by atoms with Gasteiger partial charge in [-0.1, -0.05) is 30.3 Å². The number of aryl methyl sites for hydroxylation is 1. The fourth-order valence-corrected chi connectivity index (χ4v) is 1.63. The largest absolute Gasteiger partial charge is 0.277 e. The number of hydrogen-bond acceptors (Lipinski definition) is 2. The number of nitro benzene ring substituents is 1. The van der Waals surface area contributed by atoms with E-state index in [-0.39, 0.29) is 5.69 Å². The van der Waals surface area contributed by atoms with Crippen molar-refractivity contribution in [3.8, 4) is 11.1 Å². The van der Waals surface area contributed by atoms with Crippen molar-refractivity contribution in [2.24, 2.45) is 0 Å². The predicted molar refractivity (Wildman–Crippen MR) is 62.1 cm³/mol. The third-order valence-corrected chi connectivity index (χ3v) is 2.41. The average molecular weight is 212 g/mol. The summed E-state index contributed by atoms with van der Waals surface area (Å²) in [6.07, 6.45) is 0. The molecular formula is C13H10NO2. The topological polar surface area (TPSA) is 43.1 Å². The molecule has 16 heavy (non-hydrogen) atoms. The van der Waals surface area contributed by atoms with Gasteiger partial charge in [0.15, 0.2) is 0 Å². The smallest absolute Gasteiger partial charge is 0.258 e. The third kappa shape index (κ3) is 1.93. The lowest BCUT2D eigenvalue weighted by atomic mass is 10.0. The van der Waals surface area contributed by atoms with Gasteiger partial charge in [0, 0.05) is 6.07 Å². The lowest BCUT2D eigenvalue weighted by Gasteiger charge is -2.04. The van der Waals surface area contributed by atoms with E-state index >= 15 is 0 Å². The first-order valence-corrected chi connectivity index (χ1v) is 4.91. The summed E-state index contributed by atoms with van der Waals surface area (Å²) in [5, 5.41) is 10.6. The van der Waals surface area contributed by atoms with Crippen LogP contribution in [0.2, 0.25) is 0 Å². The summed E-state index contributed by atoms with van der Waals surface area (Å²) in [4.78, 5) is 10.1. The van der Waals surface area contributed by atoms with Crippen molar-refractivity contribution in [2.45, 2.75) is 6.92 Å². The molecule has 0 bridgehead atoms. The van der Waals surface area contributed by atoms with Gasteiger partial charge in [0.1, 0.15) is 0 Å². The number of hydrogen-bond donors (Lipinski definition) is 0. The Labute approximate surface area is 93.5 Å². The zero-order valence-corrected chi connectivity index (χ0v) is 8.81. The molecule has 0 amide bonds. The molecule has 0 fully saturated rings. The van der Waals surface area contributed by atoms with Crippen molar-refractivity contribution >= 4 is 5.69 Å². The lowest BCUT2D eigenvalue weighted by molar-refractivity contribution is -0.385. The van der Waals surface area contributed by atoms with Gasteiger partial charge < -0.3 is 0 Å². The van der Waals surface area contributed by atoms with Crippen LogP contribution in [0.3, 0.4) is 0 Å². The van der Waals surface area contributed by atoms with Crippen LogP contribution in [0.25, 0.3) is 11.1 Å². The first kappa shape index (κ1) is 10.4. The van der Waals surface area contributed by atoms with Crippen LogP contribution in [-0.4, -0.2) is 4.92 Å². The van der Waals surface area contributed by atoms with E-state index in [9.17, 15) is 10.1 Å². The van der Waals surface area contributed by atoms with E-state index < -0.39 is 4.92 Å². The predicted octanol–water partition coefficient (Wildman–Crippen LogP) is 3.37. The molecule has 0 atom stereocenters. The fraction of sp³-hybridized carbons (Fsp3) is 0.0769. The molecule has 2 aromatic carbocycles. The minimum Gasteiger partial charge on any atom is -0.258 e. The molecule has 0 saturated carbocycles. The van der Waals surface area contributed by atoms with Gasteiger partial charge in [0.2, 0.25) is 0 Å². The maximum atomic E-state index is 10.6. The third-order valence-electron chi connectivity index (χ3n) is 2.41. The Morgan fingerprint density at radius 2 is 1.81 bits per heavy atom. The lowest BCUT2D eigenvalue weighted by Crippen LogP contribution is -1.90. The Bertz CT molecular complexity index is 521. The molecule has 2 aromatic rings. The van der Waals surface area contributed by atoms with E-state index in [2.05, 4.69) is 6.07 Å². The second-order valence-corrected chi connectivity index (χ2v) is 3.51. The van der Waals surface area contributed by atoms with Crippen LogP contribution < -0.4 is 0 Å². The Hall–Kier alpha value is -2.16. The quantitative estimate of drug-likeness (QED) is 0.565. The second kappa shape index (κ2) is 4.14. The SMILES string of the molecule is Cc1[c]c([N+](=O)[O-])ccc1-c1ccccc1. The monoisotopic (exact) mass is 212 g/mol. The maximum absolute atomic E-state index is 10.6. The number of benzene rings is 2. The van der Waals surface area contributed by atoms with Gasteiger partial charge in [-0.15, -0.1) is 0 Å². The summed E-state index contributed by atoms with van der Waals surface area (Å²) >= 11 is 0. The molecule has 0 aliphatic heterocycles. The Morgan fingerprint density at radius 3 is 2.38 bits per heavy atom. The minimum atomic E-state index is -0.429. The van der Waals surface area contributed by atoms with Gasteiger partial charge in [0.25, 0.3) is 5.69 Å². The number of nitrogens with zero attached hydrogens (tertiary/aromatic N) is 1. The zero-order chi connectivity index (χ0) is 11.5. The number of rotatable bonds is 2. The normalized spacial score (nSPS) is 10.1. The average Bonchev–Trinajstić information content (AvgIpc) is 2.30. The Morgan fingerprint density at radius 1 is 1.12 bits per heavy atom. The van der Waals surface area contributed by atoms with Gasteiger partial charge in [-0.2, -0.15) is 0 Å². The fourth-order valence-electron chi connectivity index (χ4n) is 1.63. The molecule has 79 valence electrons.